The van der Waals surface area contributed by atoms with Crippen molar-refractivity contribution < 1.29 is 4.79 Å². The number of hydrogen-bond donors (Lipinski definition) is 1. The molecule has 0 aliphatic heterocycles. The van der Waals surface area contributed by atoms with Crippen LogP contribution in [0.3, 0.4) is 0 Å². The third-order valence-corrected chi connectivity index (χ3v) is 2.94. The molecule has 1 N–H and O–H groups in total. The van der Waals surface area contributed by atoms with E-state index in [9.17, 15) is 4.79 Å². The van der Waals surface area contributed by atoms with Crippen LogP contribution >= 0.6 is 0 Å². The van der Waals surface area contributed by atoms with Gasteiger partial charge in [0.1, 0.15) is 5.82 Å². The summed E-state index contributed by atoms with van der Waals surface area (Å²) < 4.78 is 2.00. The second-order valence-corrected chi connectivity index (χ2v) is 4.49. The number of aromatic nitrogens is 2. The molecule has 18 heavy (non-hydrogen) atoms. The van der Waals surface area contributed by atoms with Crippen LogP contribution in [0.4, 0.5) is 0 Å². The van der Waals surface area contributed by atoms with E-state index in [2.05, 4.69) is 16.9 Å². The molecule has 2 aromatic rings. The number of aryl methyl sites for hydroxylation is 1. The number of nitrogens with zero attached hydrogens (tertiary/aromatic N) is 2. The molecule has 0 spiro atoms. The summed E-state index contributed by atoms with van der Waals surface area (Å²) in [6.07, 6.45) is 0. The normalized spacial score (nSPS) is 12.4. The number of imidazole rings is 1. The lowest BCUT2D eigenvalue weighted by Gasteiger charge is -2.13. The molecule has 2 rings (SSSR count). The summed E-state index contributed by atoms with van der Waals surface area (Å²) in [4.78, 5) is 16.1. The van der Waals surface area contributed by atoms with Crippen LogP contribution in [0.2, 0.25) is 0 Å². The molecule has 1 atom stereocenters. The summed E-state index contributed by atoms with van der Waals surface area (Å²) in [7, 11) is 1.95. The fraction of sp³-hybridized carbons (Fsp3) is 0.286. The maximum atomic E-state index is 11.6. The minimum absolute atomic E-state index is 0.144. The van der Waals surface area contributed by atoms with Gasteiger partial charge in [0.15, 0.2) is 0 Å². The van der Waals surface area contributed by atoms with Gasteiger partial charge in [-0.3, -0.25) is 4.79 Å². The lowest BCUT2D eigenvalue weighted by Crippen LogP contribution is -2.28. The van der Waals surface area contributed by atoms with Crippen molar-refractivity contribution in [3.8, 4) is 0 Å². The molecular formula is C14H17N3O. The van der Waals surface area contributed by atoms with Gasteiger partial charge in [0.2, 0.25) is 5.91 Å². The van der Waals surface area contributed by atoms with Gasteiger partial charge in [0.25, 0.3) is 0 Å². The first kappa shape index (κ1) is 12.4. The number of carbonyl (C=O) groups is 1. The van der Waals surface area contributed by atoms with Gasteiger partial charge >= 0.3 is 0 Å². The third kappa shape index (κ3) is 2.14. The fourth-order valence-corrected chi connectivity index (χ4v) is 1.94. The molecule has 0 saturated carbocycles. The second-order valence-electron chi connectivity index (χ2n) is 4.49. The van der Waals surface area contributed by atoms with Crippen molar-refractivity contribution in [3.63, 3.8) is 0 Å². The summed E-state index contributed by atoms with van der Waals surface area (Å²) in [6.45, 7) is 7.24. The minimum atomic E-state index is -0.147. The summed E-state index contributed by atoms with van der Waals surface area (Å²) >= 11 is 0. The molecule has 1 heterocycles. The van der Waals surface area contributed by atoms with Gasteiger partial charge in [-0.1, -0.05) is 18.7 Å². The first-order valence-corrected chi connectivity index (χ1v) is 5.88. The highest BCUT2D eigenvalue weighted by Gasteiger charge is 2.16. The van der Waals surface area contributed by atoms with Crippen molar-refractivity contribution in [1.29, 1.82) is 0 Å². The fourth-order valence-electron chi connectivity index (χ4n) is 1.94. The smallest absolute Gasteiger partial charge is 0.246 e. The zero-order valence-corrected chi connectivity index (χ0v) is 10.9. The van der Waals surface area contributed by atoms with Crippen molar-refractivity contribution in [3.05, 3.63) is 42.2 Å². The van der Waals surface area contributed by atoms with Crippen LogP contribution in [0.25, 0.3) is 11.0 Å². The zero-order valence-electron chi connectivity index (χ0n) is 10.9. The summed E-state index contributed by atoms with van der Waals surface area (Å²) in [6, 6.07) is 7.76. The molecule has 1 aromatic carbocycles. The Bertz CT molecular complexity index is 613. The van der Waals surface area contributed by atoms with Gasteiger partial charge in [-0.2, -0.15) is 0 Å². The molecule has 94 valence electrons. The van der Waals surface area contributed by atoms with Crippen LogP contribution in [0, 0.1) is 0 Å². The molecule has 0 saturated heterocycles. The summed E-state index contributed by atoms with van der Waals surface area (Å²) in [5.41, 5.74) is 2.50. The van der Waals surface area contributed by atoms with Crippen LogP contribution in [0.15, 0.2) is 36.4 Å². The molecule has 0 aliphatic carbocycles. The molecular weight excluding hydrogens is 226 g/mol. The molecule has 0 fully saturated rings. The van der Waals surface area contributed by atoms with E-state index in [4.69, 9.17) is 0 Å². The first-order chi connectivity index (χ1) is 8.50. The number of benzene rings is 1. The van der Waals surface area contributed by atoms with Crippen LogP contribution in [0.1, 0.15) is 25.7 Å². The lowest BCUT2D eigenvalue weighted by atomic mass is 10.2. The number of amides is 1. The van der Waals surface area contributed by atoms with Gasteiger partial charge in [-0.25, -0.2) is 4.98 Å². The van der Waals surface area contributed by atoms with Crippen LogP contribution < -0.4 is 5.32 Å². The van der Waals surface area contributed by atoms with E-state index in [0.29, 0.717) is 5.57 Å². The van der Waals surface area contributed by atoms with E-state index in [1.54, 1.807) is 6.92 Å². The Labute approximate surface area is 106 Å². The number of rotatable bonds is 3. The highest BCUT2D eigenvalue weighted by molar-refractivity contribution is 5.92. The maximum Gasteiger partial charge on any atom is 0.246 e. The highest BCUT2D eigenvalue weighted by Crippen LogP contribution is 2.19. The second kappa shape index (κ2) is 4.64. The number of hydrogen-bond acceptors (Lipinski definition) is 2. The predicted octanol–water partition coefficient (Wildman–Crippen LogP) is 2.33. The number of nitrogens with one attached hydrogen (secondary N) is 1. The van der Waals surface area contributed by atoms with E-state index in [0.717, 1.165) is 16.9 Å². The SMILES string of the molecule is C=C(C)C(=O)NC(C)c1nc2ccccc2n1C. The quantitative estimate of drug-likeness (QED) is 0.841. The lowest BCUT2D eigenvalue weighted by molar-refractivity contribution is -0.118. The van der Waals surface area contributed by atoms with Crippen LogP contribution in [-0.2, 0) is 11.8 Å². The molecule has 4 nitrogen and oxygen atoms in total. The Morgan fingerprint density at radius 1 is 1.44 bits per heavy atom. The zero-order chi connectivity index (χ0) is 13.3. The Morgan fingerprint density at radius 2 is 2.11 bits per heavy atom. The van der Waals surface area contributed by atoms with E-state index in [1.165, 1.54) is 0 Å². The summed E-state index contributed by atoms with van der Waals surface area (Å²) in [5, 5.41) is 2.88. The largest absolute Gasteiger partial charge is 0.343 e. The topological polar surface area (TPSA) is 46.9 Å². The van der Waals surface area contributed by atoms with Gasteiger partial charge in [-0.15, -0.1) is 0 Å². The Hall–Kier alpha value is -2.10. The molecule has 0 aliphatic rings. The van der Waals surface area contributed by atoms with Crippen LogP contribution in [0.5, 0.6) is 0 Å². The van der Waals surface area contributed by atoms with Crippen molar-refractivity contribution >= 4 is 16.9 Å². The van der Waals surface area contributed by atoms with Gasteiger partial charge in [-0.05, 0) is 26.0 Å². The van der Waals surface area contributed by atoms with Crippen molar-refractivity contribution in [2.24, 2.45) is 7.05 Å². The molecule has 1 aromatic heterocycles. The van der Waals surface area contributed by atoms with Gasteiger partial charge in [0, 0.05) is 12.6 Å². The minimum Gasteiger partial charge on any atom is -0.343 e. The molecule has 4 heteroatoms. The van der Waals surface area contributed by atoms with Crippen molar-refractivity contribution in [2.45, 2.75) is 19.9 Å². The average molecular weight is 243 g/mol. The average Bonchev–Trinajstić information content (AvgIpc) is 2.67. The van der Waals surface area contributed by atoms with Crippen LogP contribution in [-0.4, -0.2) is 15.5 Å². The maximum absolute atomic E-state index is 11.6. The number of fused-ring (bicyclic) bond motifs is 1. The number of carbonyl (C=O) groups excluding carboxylic acids is 1. The molecule has 0 radical (unpaired) electrons. The molecule has 1 amide bonds. The van der Waals surface area contributed by atoms with Crippen molar-refractivity contribution in [1.82, 2.24) is 14.9 Å². The van der Waals surface area contributed by atoms with Gasteiger partial charge < -0.3 is 9.88 Å². The van der Waals surface area contributed by atoms with Crippen molar-refractivity contribution in [2.75, 3.05) is 0 Å². The molecule has 0 bridgehead atoms. The Kier molecular flexibility index (Phi) is 3.19. The van der Waals surface area contributed by atoms with E-state index < -0.39 is 0 Å². The number of para-hydroxylation sites is 2. The molecule has 1 unspecified atom stereocenters. The Morgan fingerprint density at radius 3 is 2.72 bits per heavy atom. The predicted molar refractivity (Wildman–Crippen MR) is 72.1 cm³/mol. The monoisotopic (exact) mass is 243 g/mol. The first-order valence-electron chi connectivity index (χ1n) is 5.88. The van der Waals surface area contributed by atoms with E-state index >= 15 is 0 Å². The third-order valence-electron chi connectivity index (χ3n) is 2.94. The van der Waals surface area contributed by atoms with E-state index in [-0.39, 0.29) is 11.9 Å². The highest BCUT2D eigenvalue weighted by atomic mass is 16.1. The van der Waals surface area contributed by atoms with Gasteiger partial charge in [0.05, 0.1) is 17.1 Å². The Balaban J connectivity index is 2.33. The van der Waals surface area contributed by atoms with E-state index in [1.807, 2.05) is 42.8 Å². The standard InChI is InChI=1S/C14H17N3O/c1-9(2)14(18)15-10(3)13-16-11-7-5-6-8-12(11)17(13)4/h5-8,10H,1H2,2-4H3,(H,15,18). The summed E-state index contributed by atoms with van der Waals surface area (Å²) in [5.74, 6) is 0.695.